The van der Waals surface area contributed by atoms with Gasteiger partial charge in [0.1, 0.15) is 38.8 Å². The number of carbonyl (C=O) groups excluding carboxylic acids is 2. The SMILES string of the molecule is CCCCCc1ccc(OCCCCNC(=O)c2cc(Oc3ccc(N=Nc4c(C)cc5cc(S(=O)(=O)[O-])cc(NC(C)=O)c5c4O)cc3)c3ccccc3c2O)c(CCCCC)c1.[Na+]. The molecule has 4 N–H and O–H groups in total. The summed E-state index contributed by atoms with van der Waals surface area (Å²) >= 11 is 0. The Morgan fingerprint density at radius 3 is 2.17 bits per heavy atom. The molecule has 0 aliphatic carbocycles. The molecule has 0 aromatic heterocycles. The normalized spacial score (nSPS) is 11.5. The van der Waals surface area contributed by atoms with Crippen molar-refractivity contribution in [3.63, 3.8) is 0 Å². The van der Waals surface area contributed by atoms with Gasteiger partial charge >= 0.3 is 29.6 Å². The van der Waals surface area contributed by atoms with Gasteiger partial charge in [-0.2, -0.15) is 5.11 Å². The summed E-state index contributed by atoms with van der Waals surface area (Å²) in [6, 6.07) is 25.4. The molecule has 0 radical (unpaired) electrons. The summed E-state index contributed by atoms with van der Waals surface area (Å²) < 4.78 is 47.9. The monoisotopic (exact) mass is 910 g/mol. The predicted molar refractivity (Wildman–Crippen MR) is 249 cm³/mol. The summed E-state index contributed by atoms with van der Waals surface area (Å²) in [4.78, 5) is 24.8. The third-order valence-electron chi connectivity index (χ3n) is 10.9. The van der Waals surface area contributed by atoms with Crippen molar-refractivity contribution in [1.29, 1.82) is 0 Å². The topological polar surface area (TPSA) is 199 Å². The zero-order chi connectivity index (χ0) is 45.8. The zero-order valence-electron chi connectivity index (χ0n) is 37.7. The van der Waals surface area contributed by atoms with Gasteiger partial charge in [-0.3, -0.25) is 9.59 Å². The molecule has 6 aromatic carbocycles. The summed E-state index contributed by atoms with van der Waals surface area (Å²) in [5, 5.41) is 37.8. The maximum Gasteiger partial charge on any atom is 1.00 e. The van der Waals surface area contributed by atoms with Gasteiger partial charge in [0.15, 0.2) is 5.75 Å². The van der Waals surface area contributed by atoms with E-state index in [0.717, 1.165) is 50.0 Å². The number of hydrogen-bond acceptors (Lipinski definition) is 11. The molecule has 2 amide bonds. The second-order valence-corrected chi connectivity index (χ2v) is 17.3. The third-order valence-corrected chi connectivity index (χ3v) is 11.7. The molecule has 0 aliphatic rings. The Morgan fingerprint density at radius 2 is 1.48 bits per heavy atom. The molecule has 0 saturated heterocycles. The number of phenolic OH excluding ortho intramolecular Hbond substituents is 2. The van der Waals surface area contributed by atoms with Gasteiger partial charge in [0.2, 0.25) is 5.91 Å². The number of amides is 2. The van der Waals surface area contributed by atoms with Gasteiger partial charge in [0.05, 0.1) is 28.4 Å². The summed E-state index contributed by atoms with van der Waals surface area (Å²) in [6.07, 6.45) is 10.6. The number of aryl methyl sites for hydroxylation is 3. The number of benzene rings is 6. The molecule has 6 rings (SSSR count). The molecule has 13 nitrogen and oxygen atoms in total. The van der Waals surface area contributed by atoms with Crippen molar-refractivity contribution in [2.45, 2.75) is 96.8 Å². The molecule has 0 aliphatic heterocycles. The largest absolute Gasteiger partial charge is 1.00 e. The van der Waals surface area contributed by atoms with Crippen molar-refractivity contribution in [3.05, 3.63) is 113 Å². The van der Waals surface area contributed by atoms with Crippen LogP contribution in [0.25, 0.3) is 21.5 Å². The fourth-order valence-corrected chi connectivity index (χ4v) is 8.09. The van der Waals surface area contributed by atoms with Gasteiger partial charge in [-0.25, -0.2) is 8.42 Å². The van der Waals surface area contributed by atoms with Crippen molar-refractivity contribution in [3.8, 4) is 28.7 Å². The number of fused-ring (bicyclic) bond motifs is 2. The smallest absolute Gasteiger partial charge is 0.744 e. The zero-order valence-corrected chi connectivity index (χ0v) is 40.5. The number of phenols is 2. The van der Waals surface area contributed by atoms with E-state index in [4.69, 9.17) is 9.47 Å². The van der Waals surface area contributed by atoms with Gasteiger partial charge in [0, 0.05) is 29.6 Å². The minimum Gasteiger partial charge on any atom is -0.744 e. The Hall–Kier alpha value is -5.51. The maximum absolute atomic E-state index is 13.5. The molecule has 65 heavy (non-hydrogen) atoms. The second-order valence-electron chi connectivity index (χ2n) is 15.9. The van der Waals surface area contributed by atoms with Gasteiger partial charge in [0.25, 0.3) is 5.91 Å². The average Bonchev–Trinajstić information content (AvgIpc) is 3.26. The van der Waals surface area contributed by atoms with Crippen LogP contribution < -0.4 is 49.7 Å². The number of rotatable bonds is 21. The average molecular weight is 911 g/mol. The van der Waals surface area contributed by atoms with E-state index < -0.39 is 26.8 Å². The van der Waals surface area contributed by atoms with Crippen molar-refractivity contribution in [2.24, 2.45) is 10.2 Å². The molecule has 0 atom stereocenters. The van der Waals surface area contributed by atoms with E-state index in [9.17, 15) is 32.8 Å². The molecule has 0 spiro atoms. The van der Waals surface area contributed by atoms with Crippen LogP contribution in [0.2, 0.25) is 0 Å². The van der Waals surface area contributed by atoms with Gasteiger partial charge in [-0.15, -0.1) is 5.11 Å². The summed E-state index contributed by atoms with van der Waals surface area (Å²) in [6.45, 7) is 8.18. The van der Waals surface area contributed by atoms with E-state index in [1.165, 1.54) is 55.9 Å². The van der Waals surface area contributed by atoms with Gasteiger partial charge in [-0.05, 0) is 122 Å². The van der Waals surface area contributed by atoms with Crippen LogP contribution in [0, 0.1) is 6.92 Å². The molecule has 0 unspecified atom stereocenters. The molecule has 0 fully saturated rings. The Balaban J connectivity index is 0.00000793. The second kappa shape index (κ2) is 23.6. The van der Waals surface area contributed by atoms with E-state index in [2.05, 4.69) is 52.9 Å². The van der Waals surface area contributed by atoms with E-state index >= 15 is 0 Å². The minimum atomic E-state index is -4.86. The van der Waals surface area contributed by atoms with Crippen LogP contribution >= 0.6 is 0 Å². The van der Waals surface area contributed by atoms with Crippen LogP contribution in [0.3, 0.4) is 0 Å². The molecule has 15 heteroatoms. The third kappa shape index (κ3) is 13.3. The predicted octanol–water partition coefficient (Wildman–Crippen LogP) is 8.84. The first-order valence-electron chi connectivity index (χ1n) is 21.8. The summed E-state index contributed by atoms with van der Waals surface area (Å²) in [7, 11) is -4.86. The molecule has 6 aromatic rings. The number of anilines is 1. The van der Waals surface area contributed by atoms with Crippen LogP contribution in [-0.2, 0) is 27.8 Å². The van der Waals surface area contributed by atoms with Crippen molar-refractivity contribution < 1.29 is 71.8 Å². The van der Waals surface area contributed by atoms with E-state index in [1.807, 2.05) is 6.07 Å². The van der Waals surface area contributed by atoms with Crippen LogP contribution in [0.4, 0.5) is 17.1 Å². The summed E-state index contributed by atoms with van der Waals surface area (Å²) in [5.74, 6) is 0.201. The summed E-state index contributed by atoms with van der Waals surface area (Å²) in [5.41, 5.74) is 3.51. The number of nitrogens with one attached hydrogen (secondary N) is 2. The molecule has 0 heterocycles. The quantitative estimate of drug-likeness (QED) is 0.0236. The number of nitrogens with zero attached hydrogens (tertiary/aromatic N) is 2. The molecular formula is C50H55N4NaO9S. The van der Waals surface area contributed by atoms with E-state index in [0.29, 0.717) is 53.1 Å². The number of hydrogen-bond donors (Lipinski definition) is 4. The van der Waals surface area contributed by atoms with Gasteiger partial charge < -0.3 is 34.9 Å². The molecule has 336 valence electrons. The fraction of sp³-hybridized carbons (Fsp3) is 0.320. The Morgan fingerprint density at radius 1 is 0.769 bits per heavy atom. The number of unbranched alkanes of at least 4 members (excludes halogenated alkanes) is 5. The number of azo groups is 1. The van der Waals surface area contributed by atoms with Crippen molar-refractivity contribution >= 4 is 60.5 Å². The fourth-order valence-electron chi connectivity index (χ4n) is 7.56. The van der Waals surface area contributed by atoms with Crippen molar-refractivity contribution in [2.75, 3.05) is 18.5 Å². The van der Waals surface area contributed by atoms with Crippen molar-refractivity contribution in [1.82, 2.24) is 5.32 Å². The van der Waals surface area contributed by atoms with Crippen LogP contribution in [0.5, 0.6) is 28.7 Å². The number of ether oxygens (including phenoxy) is 2. The first-order chi connectivity index (χ1) is 30.8. The number of carbonyl (C=O) groups is 2. The van der Waals surface area contributed by atoms with Crippen LogP contribution in [-0.4, -0.2) is 48.1 Å². The van der Waals surface area contributed by atoms with E-state index in [1.54, 1.807) is 49.4 Å². The first-order valence-corrected chi connectivity index (χ1v) is 23.2. The molecule has 0 bridgehead atoms. The maximum atomic E-state index is 13.5. The Labute approximate surface area is 402 Å². The molecule has 0 saturated carbocycles. The number of aromatic hydroxyl groups is 2. The Bertz CT molecular complexity index is 2780. The molecular weight excluding hydrogens is 856 g/mol. The standard InChI is InChI=1S/C50H56N4O9S.Na/c1-5-7-9-15-34-19-24-44(35(28-34)16-10-8-6-2)62-26-14-13-25-51-50(58)42-31-45(40-17-11-12-18-41(40)48(42)56)63-38-22-20-37(21-23-38)53-54-47-32(3)27-36-29-39(64(59,60)61)30-43(52-33(4)55)46(36)49(47)57;/h11-12,17-24,27-31,56-57H,5-10,13-16,25-26H2,1-4H3,(H,51,58)(H,52,55)(H,59,60,61);/q;+1/p-1. The first kappa shape index (κ1) is 50.5. The van der Waals surface area contributed by atoms with E-state index in [-0.39, 0.29) is 68.8 Å². The van der Waals surface area contributed by atoms with Crippen LogP contribution in [0.15, 0.2) is 106 Å². The Kier molecular flexibility index (Phi) is 18.3. The van der Waals surface area contributed by atoms with Crippen LogP contribution in [0.1, 0.15) is 99.2 Å². The van der Waals surface area contributed by atoms with Gasteiger partial charge in [-0.1, -0.05) is 75.9 Å². The minimum absolute atomic E-state index is 0.